The van der Waals surface area contributed by atoms with Gasteiger partial charge in [0.2, 0.25) is 5.91 Å². The van der Waals surface area contributed by atoms with Crippen molar-refractivity contribution in [1.82, 2.24) is 5.32 Å². The molecule has 1 aromatic heterocycles. The molecular formula is C19H21N3O3. The zero-order valence-electron chi connectivity index (χ0n) is 14.2. The standard InChI is InChI=1S/C19H21N3O3/c1-12-5-7-14(25-12)11-20-18(23)13-6-8-16-15(10-13)21-19(24)17-4-2-3-9-22(16)17/h5-8,10,17H,2-4,9,11H2,1H3,(H,20,23)(H,21,24). The van der Waals surface area contributed by atoms with Crippen LogP contribution in [0.25, 0.3) is 0 Å². The van der Waals surface area contributed by atoms with E-state index in [0.717, 1.165) is 37.3 Å². The molecule has 1 fully saturated rings. The Hall–Kier alpha value is -2.76. The van der Waals surface area contributed by atoms with Gasteiger partial charge in [-0.3, -0.25) is 9.59 Å². The zero-order chi connectivity index (χ0) is 17.4. The molecule has 3 heterocycles. The first-order chi connectivity index (χ1) is 12.1. The van der Waals surface area contributed by atoms with Crippen LogP contribution in [0.3, 0.4) is 0 Å². The highest BCUT2D eigenvalue weighted by Gasteiger charge is 2.34. The molecule has 130 valence electrons. The fourth-order valence-corrected chi connectivity index (χ4v) is 3.59. The molecule has 2 aliphatic heterocycles. The van der Waals surface area contributed by atoms with Gasteiger partial charge in [0.1, 0.15) is 17.6 Å². The summed E-state index contributed by atoms with van der Waals surface area (Å²) in [4.78, 5) is 26.9. The van der Waals surface area contributed by atoms with Crippen molar-refractivity contribution in [1.29, 1.82) is 0 Å². The average molecular weight is 339 g/mol. The van der Waals surface area contributed by atoms with E-state index in [1.807, 2.05) is 31.2 Å². The quantitative estimate of drug-likeness (QED) is 0.902. The van der Waals surface area contributed by atoms with Crippen LogP contribution >= 0.6 is 0 Å². The lowest BCUT2D eigenvalue weighted by atomic mass is 9.97. The van der Waals surface area contributed by atoms with Crippen LogP contribution in [0.4, 0.5) is 11.4 Å². The maximum absolute atomic E-state index is 12.4. The molecule has 1 saturated heterocycles. The Morgan fingerprint density at radius 3 is 3.00 bits per heavy atom. The number of amides is 2. The number of nitrogens with one attached hydrogen (secondary N) is 2. The molecule has 4 rings (SSSR count). The molecule has 6 heteroatoms. The number of hydrogen-bond donors (Lipinski definition) is 2. The Bertz CT molecular complexity index is 827. The van der Waals surface area contributed by atoms with E-state index in [1.165, 1.54) is 0 Å². The smallest absolute Gasteiger partial charge is 0.251 e. The summed E-state index contributed by atoms with van der Waals surface area (Å²) < 4.78 is 5.46. The fourth-order valence-electron chi connectivity index (χ4n) is 3.59. The van der Waals surface area contributed by atoms with Crippen LogP contribution in [-0.2, 0) is 11.3 Å². The summed E-state index contributed by atoms with van der Waals surface area (Å²) in [5.41, 5.74) is 2.24. The number of aryl methyl sites for hydroxylation is 1. The second kappa shape index (κ2) is 6.27. The first-order valence-electron chi connectivity index (χ1n) is 8.67. The number of piperidine rings is 1. The van der Waals surface area contributed by atoms with Gasteiger partial charge >= 0.3 is 0 Å². The van der Waals surface area contributed by atoms with Gasteiger partial charge < -0.3 is 20.0 Å². The van der Waals surface area contributed by atoms with E-state index < -0.39 is 0 Å². The molecule has 0 radical (unpaired) electrons. The van der Waals surface area contributed by atoms with Crippen molar-refractivity contribution in [2.75, 3.05) is 16.8 Å². The van der Waals surface area contributed by atoms with E-state index in [0.29, 0.717) is 23.6 Å². The number of carbonyl (C=O) groups is 2. The molecule has 2 aromatic rings. The van der Waals surface area contributed by atoms with E-state index in [4.69, 9.17) is 4.42 Å². The first-order valence-corrected chi connectivity index (χ1v) is 8.67. The van der Waals surface area contributed by atoms with Crippen molar-refractivity contribution in [2.24, 2.45) is 0 Å². The van der Waals surface area contributed by atoms with Crippen molar-refractivity contribution in [3.8, 4) is 0 Å². The second-order valence-electron chi connectivity index (χ2n) is 6.62. The van der Waals surface area contributed by atoms with Gasteiger partial charge in [0.15, 0.2) is 0 Å². The Kier molecular flexibility index (Phi) is 3.95. The summed E-state index contributed by atoms with van der Waals surface area (Å²) in [5.74, 6) is 1.37. The molecule has 1 unspecified atom stereocenters. The molecule has 2 aliphatic rings. The van der Waals surface area contributed by atoms with Crippen molar-refractivity contribution < 1.29 is 14.0 Å². The highest BCUT2D eigenvalue weighted by atomic mass is 16.3. The highest BCUT2D eigenvalue weighted by Crippen LogP contribution is 2.36. The molecule has 1 atom stereocenters. The third kappa shape index (κ3) is 2.99. The van der Waals surface area contributed by atoms with Gasteiger partial charge in [-0.1, -0.05) is 0 Å². The Labute approximate surface area is 146 Å². The van der Waals surface area contributed by atoms with Crippen molar-refractivity contribution >= 4 is 23.2 Å². The normalized spacial score (nSPS) is 19.0. The average Bonchev–Trinajstić information content (AvgIpc) is 3.05. The van der Waals surface area contributed by atoms with Gasteiger partial charge in [-0.2, -0.15) is 0 Å². The fraction of sp³-hybridized carbons (Fsp3) is 0.368. The minimum absolute atomic E-state index is 0.0239. The van der Waals surface area contributed by atoms with E-state index in [9.17, 15) is 9.59 Å². The highest BCUT2D eigenvalue weighted by molar-refractivity contribution is 6.05. The maximum Gasteiger partial charge on any atom is 0.251 e. The SMILES string of the molecule is Cc1ccc(CNC(=O)c2ccc3c(c2)NC(=O)C2CCCCN32)o1. The summed E-state index contributed by atoms with van der Waals surface area (Å²) in [7, 11) is 0. The summed E-state index contributed by atoms with van der Waals surface area (Å²) in [6, 6.07) is 9.12. The first kappa shape index (κ1) is 15.7. The van der Waals surface area contributed by atoms with Gasteiger partial charge in [-0.15, -0.1) is 0 Å². The third-order valence-electron chi connectivity index (χ3n) is 4.85. The van der Waals surface area contributed by atoms with Gasteiger partial charge in [0, 0.05) is 12.1 Å². The van der Waals surface area contributed by atoms with Crippen LogP contribution < -0.4 is 15.5 Å². The molecule has 0 saturated carbocycles. The Morgan fingerprint density at radius 2 is 2.20 bits per heavy atom. The van der Waals surface area contributed by atoms with Gasteiger partial charge in [-0.25, -0.2) is 0 Å². The number of nitrogens with zero attached hydrogens (tertiary/aromatic N) is 1. The number of fused-ring (bicyclic) bond motifs is 3. The predicted octanol–water partition coefficient (Wildman–Crippen LogP) is 2.83. The van der Waals surface area contributed by atoms with E-state index >= 15 is 0 Å². The van der Waals surface area contributed by atoms with Crippen LogP contribution in [0, 0.1) is 6.92 Å². The minimum atomic E-state index is -0.188. The Balaban J connectivity index is 1.51. The molecule has 0 spiro atoms. The van der Waals surface area contributed by atoms with Crippen molar-refractivity contribution in [2.45, 2.75) is 38.8 Å². The summed E-state index contributed by atoms with van der Waals surface area (Å²) >= 11 is 0. The summed E-state index contributed by atoms with van der Waals surface area (Å²) in [6.07, 6.45) is 3.06. The third-order valence-corrected chi connectivity index (χ3v) is 4.85. The molecule has 1 aromatic carbocycles. The van der Waals surface area contributed by atoms with Crippen LogP contribution in [-0.4, -0.2) is 24.4 Å². The molecule has 2 N–H and O–H groups in total. The molecule has 25 heavy (non-hydrogen) atoms. The summed E-state index contributed by atoms with van der Waals surface area (Å²) in [6.45, 7) is 3.09. The topological polar surface area (TPSA) is 74.6 Å². The van der Waals surface area contributed by atoms with Gasteiger partial charge in [-0.05, 0) is 56.5 Å². The number of benzene rings is 1. The number of carbonyl (C=O) groups excluding carboxylic acids is 2. The molecule has 6 nitrogen and oxygen atoms in total. The second-order valence-corrected chi connectivity index (χ2v) is 6.62. The monoisotopic (exact) mass is 339 g/mol. The number of anilines is 2. The van der Waals surface area contributed by atoms with Crippen molar-refractivity contribution in [3.05, 3.63) is 47.4 Å². The lowest BCUT2D eigenvalue weighted by Crippen LogP contribution is -2.50. The van der Waals surface area contributed by atoms with E-state index in [2.05, 4.69) is 15.5 Å². The lowest BCUT2D eigenvalue weighted by Gasteiger charge is -2.41. The molecule has 2 amide bonds. The number of hydrogen-bond acceptors (Lipinski definition) is 4. The van der Waals surface area contributed by atoms with Crippen LogP contribution in [0.1, 0.15) is 41.1 Å². The number of furan rings is 1. The molecule has 0 bridgehead atoms. The minimum Gasteiger partial charge on any atom is -0.465 e. The largest absolute Gasteiger partial charge is 0.465 e. The number of rotatable bonds is 3. The van der Waals surface area contributed by atoms with Crippen LogP contribution in [0.2, 0.25) is 0 Å². The van der Waals surface area contributed by atoms with E-state index in [-0.39, 0.29) is 17.9 Å². The van der Waals surface area contributed by atoms with Crippen molar-refractivity contribution in [3.63, 3.8) is 0 Å². The molecule has 0 aliphatic carbocycles. The van der Waals surface area contributed by atoms with Crippen LogP contribution in [0.15, 0.2) is 34.7 Å². The summed E-state index contributed by atoms with van der Waals surface area (Å²) in [5, 5.41) is 5.80. The van der Waals surface area contributed by atoms with Gasteiger partial charge in [0.25, 0.3) is 5.91 Å². The van der Waals surface area contributed by atoms with Gasteiger partial charge in [0.05, 0.1) is 17.9 Å². The molecular weight excluding hydrogens is 318 g/mol. The zero-order valence-corrected chi connectivity index (χ0v) is 14.2. The Morgan fingerprint density at radius 1 is 1.32 bits per heavy atom. The predicted molar refractivity (Wildman–Crippen MR) is 94.7 cm³/mol. The lowest BCUT2D eigenvalue weighted by molar-refractivity contribution is -0.118. The van der Waals surface area contributed by atoms with E-state index in [1.54, 1.807) is 6.07 Å². The van der Waals surface area contributed by atoms with Crippen LogP contribution in [0.5, 0.6) is 0 Å². The maximum atomic E-state index is 12.4.